The number of anilines is 2. The molecule has 0 spiro atoms. The molecule has 1 aliphatic rings. The summed E-state index contributed by atoms with van der Waals surface area (Å²) in [5, 5.41) is 7.14. The number of hydrogen-bond donors (Lipinski definition) is 2. The zero-order chi connectivity index (χ0) is 29.3. The normalized spacial score (nSPS) is 16.9. The van der Waals surface area contributed by atoms with Crippen molar-refractivity contribution in [3.8, 4) is 5.75 Å². The van der Waals surface area contributed by atoms with E-state index >= 15 is 0 Å². The van der Waals surface area contributed by atoms with Crippen LogP contribution in [-0.4, -0.2) is 32.7 Å². The third-order valence-corrected chi connectivity index (χ3v) is 7.80. The fourth-order valence-corrected chi connectivity index (χ4v) is 5.58. The predicted octanol–water partition coefficient (Wildman–Crippen LogP) is 6.11. The first-order valence-corrected chi connectivity index (χ1v) is 14.0. The Morgan fingerprint density at radius 3 is 2.56 bits per heavy atom. The van der Waals surface area contributed by atoms with E-state index in [1.165, 1.54) is 0 Å². The molecule has 9 heteroatoms. The van der Waals surface area contributed by atoms with Gasteiger partial charge in [0.05, 0.1) is 30.6 Å². The number of carbonyl (C=O) groups excluding carboxylic acids is 1. The topological polar surface area (TPSA) is 84.3 Å². The molecule has 1 aliphatic heterocycles. The highest BCUT2D eigenvalue weighted by atomic mass is 32.1. The van der Waals surface area contributed by atoms with Gasteiger partial charge in [0.2, 0.25) is 5.91 Å². The summed E-state index contributed by atoms with van der Waals surface area (Å²) in [6.07, 6.45) is 5.50. The molecule has 1 saturated heterocycles. The maximum Gasteiger partial charge on any atom is 0.229 e. The highest BCUT2D eigenvalue weighted by Crippen LogP contribution is 2.45. The van der Waals surface area contributed by atoms with E-state index in [1.807, 2.05) is 69.4 Å². The number of thiocarbonyl (C=S) groups is 1. The molecule has 0 radical (unpaired) electrons. The van der Waals surface area contributed by atoms with Gasteiger partial charge in [0.1, 0.15) is 5.75 Å². The maximum atomic E-state index is 12.7. The molecular formula is C32H36N6O2S. The standard InChI is InChI=1S/C32H36N6O2S/c1-20-16-24(21(2)37(20)19-22-10-9-14-33-18-22)29-28(26-11-7-8-15-34-26)36-31(41)38(29)23-12-13-25(27(17-23)40-6)35-30(39)32(3,4)5/h7-18,28-29H,19H2,1-6H3,(H,35,39)(H,36,41)/t28-,29-/m1/s1. The van der Waals surface area contributed by atoms with Crippen LogP contribution in [0.5, 0.6) is 5.75 Å². The number of pyridine rings is 2. The van der Waals surface area contributed by atoms with E-state index in [-0.39, 0.29) is 18.0 Å². The van der Waals surface area contributed by atoms with Gasteiger partial charge in [-0.3, -0.25) is 14.8 Å². The van der Waals surface area contributed by atoms with Gasteiger partial charge in [-0.25, -0.2) is 0 Å². The van der Waals surface area contributed by atoms with Gasteiger partial charge in [-0.05, 0) is 73.6 Å². The second-order valence-electron chi connectivity index (χ2n) is 11.4. The molecule has 41 heavy (non-hydrogen) atoms. The van der Waals surface area contributed by atoms with E-state index in [2.05, 4.69) is 51.1 Å². The van der Waals surface area contributed by atoms with Crippen molar-refractivity contribution < 1.29 is 9.53 Å². The average molecular weight is 569 g/mol. The molecule has 2 atom stereocenters. The van der Waals surface area contributed by atoms with Crippen molar-refractivity contribution in [2.45, 2.75) is 53.2 Å². The van der Waals surface area contributed by atoms with Crippen LogP contribution >= 0.6 is 12.2 Å². The highest BCUT2D eigenvalue weighted by Gasteiger charge is 2.42. The Kier molecular flexibility index (Phi) is 7.82. The molecule has 4 heterocycles. The Morgan fingerprint density at radius 2 is 1.90 bits per heavy atom. The highest BCUT2D eigenvalue weighted by molar-refractivity contribution is 7.80. The number of ether oxygens (including phenoxy) is 1. The van der Waals surface area contributed by atoms with Crippen LogP contribution < -0.4 is 20.3 Å². The van der Waals surface area contributed by atoms with E-state index in [0.29, 0.717) is 16.5 Å². The van der Waals surface area contributed by atoms with Crippen molar-refractivity contribution in [2.75, 3.05) is 17.3 Å². The van der Waals surface area contributed by atoms with Crippen LogP contribution in [0.2, 0.25) is 0 Å². The van der Waals surface area contributed by atoms with Crippen molar-refractivity contribution >= 4 is 34.6 Å². The predicted molar refractivity (Wildman–Crippen MR) is 166 cm³/mol. The maximum absolute atomic E-state index is 12.7. The summed E-state index contributed by atoms with van der Waals surface area (Å²) in [6.45, 7) is 10.6. The van der Waals surface area contributed by atoms with Gasteiger partial charge in [-0.2, -0.15) is 0 Å². The Balaban J connectivity index is 1.59. The lowest BCUT2D eigenvalue weighted by Gasteiger charge is -2.29. The van der Waals surface area contributed by atoms with Gasteiger partial charge in [0, 0.05) is 53.7 Å². The van der Waals surface area contributed by atoms with E-state index < -0.39 is 5.41 Å². The molecule has 5 rings (SSSR count). The lowest BCUT2D eigenvalue weighted by Crippen LogP contribution is -2.30. The van der Waals surface area contributed by atoms with Gasteiger partial charge in [-0.15, -0.1) is 0 Å². The Hall–Kier alpha value is -4.24. The number of rotatable bonds is 7. The van der Waals surface area contributed by atoms with E-state index in [9.17, 15) is 4.79 Å². The van der Waals surface area contributed by atoms with Crippen LogP contribution in [0.25, 0.3) is 0 Å². The Morgan fingerprint density at radius 1 is 1.10 bits per heavy atom. The monoisotopic (exact) mass is 568 g/mol. The van der Waals surface area contributed by atoms with Gasteiger partial charge >= 0.3 is 0 Å². The molecule has 1 amide bonds. The van der Waals surface area contributed by atoms with Gasteiger partial charge in [0.25, 0.3) is 0 Å². The number of aryl methyl sites for hydroxylation is 1. The van der Waals surface area contributed by atoms with Crippen molar-refractivity contribution in [3.05, 3.63) is 101 Å². The largest absolute Gasteiger partial charge is 0.494 e. The number of hydrogen-bond acceptors (Lipinski definition) is 5. The molecule has 2 N–H and O–H groups in total. The Bertz CT molecular complexity index is 1560. The summed E-state index contributed by atoms with van der Waals surface area (Å²) in [4.78, 5) is 23.8. The van der Waals surface area contributed by atoms with E-state index in [0.717, 1.165) is 40.4 Å². The van der Waals surface area contributed by atoms with Crippen molar-refractivity contribution in [1.82, 2.24) is 19.9 Å². The van der Waals surface area contributed by atoms with Crippen molar-refractivity contribution in [2.24, 2.45) is 5.41 Å². The first kappa shape index (κ1) is 28.3. The molecule has 8 nitrogen and oxygen atoms in total. The minimum Gasteiger partial charge on any atom is -0.494 e. The number of nitrogens with zero attached hydrogens (tertiary/aromatic N) is 4. The summed E-state index contributed by atoms with van der Waals surface area (Å²) in [6, 6.07) is 17.6. The lowest BCUT2D eigenvalue weighted by molar-refractivity contribution is -0.123. The van der Waals surface area contributed by atoms with Crippen LogP contribution in [0.3, 0.4) is 0 Å². The van der Waals surface area contributed by atoms with Gasteiger partial charge in [-0.1, -0.05) is 32.9 Å². The number of aromatic nitrogens is 3. The van der Waals surface area contributed by atoms with Crippen molar-refractivity contribution in [1.29, 1.82) is 0 Å². The van der Waals surface area contributed by atoms with Crippen LogP contribution in [0.4, 0.5) is 11.4 Å². The summed E-state index contributed by atoms with van der Waals surface area (Å²) < 4.78 is 8.05. The molecule has 1 aromatic carbocycles. The quantitative estimate of drug-likeness (QED) is 0.260. The molecule has 212 valence electrons. The fraction of sp³-hybridized carbons (Fsp3) is 0.312. The third kappa shape index (κ3) is 5.67. The van der Waals surface area contributed by atoms with Gasteiger partial charge in [0.15, 0.2) is 5.11 Å². The minimum absolute atomic E-state index is 0.0870. The number of nitrogens with one attached hydrogen (secondary N) is 2. The smallest absolute Gasteiger partial charge is 0.229 e. The number of amides is 1. The number of carbonyl (C=O) groups is 1. The van der Waals surface area contributed by atoms with Crippen LogP contribution in [0.15, 0.2) is 73.2 Å². The molecule has 1 fully saturated rings. The second kappa shape index (κ2) is 11.3. The lowest BCUT2D eigenvalue weighted by atomic mass is 9.95. The zero-order valence-electron chi connectivity index (χ0n) is 24.3. The SMILES string of the molecule is COc1cc(N2C(=S)N[C@H](c3ccccn3)[C@H]2c2cc(C)n(Cc3cccnc3)c2C)ccc1NC(=O)C(C)(C)C. The minimum atomic E-state index is -0.538. The summed E-state index contributed by atoms with van der Waals surface area (Å²) in [5.74, 6) is 0.473. The summed E-state index contributed by atoms with van der Waals surface area (Å²) in [7, 11) is 1.60. The van der Waals surface area contributed by atoms with Crippen LogP contribution in [0, 0.1) is 19.3 Å². The van der Waals surface area contributed by atoms with Crippen LogP contribution in [-0.2, 0) is 11.3 Å². The number of benzene rings is 1. The molecule has 4 aromatic rings. The third-order valence-electron chi connectivity index (χ3n) is 7.49. The molecular weight excluding hydrogens is 532 g/mol. The fourth-order valence-electron chi connectivity index (χ4n) is 5.24. The molecule has 3 aromatic heterocycles. The molecule has 0 saturated carbocycles. The van der Waals surface area contributed by atoms with E-state index in [1.54, 1.807) is 19.5 Å². The molecule has 0 aliphatic carbocycles. The average Bonchev–Trinajstić information content (AvgIpc) is 3.44. The number of methoxy groups -OCH3 is 1. The van der Waals surface area contributed by atoms with Crippen molar-refractivity contribution in [3.63, 3.8) is 0 Å². The van der Waals surface area contributed by atoms with Crippen LogP contribution in [0.1, 0.15) is 61.1 Å². The van der Waals surface area contributed by atoms with Gasteiger partial charge < -0.3 is 24.8 Å². The molecule has 0 unspecified atom stereocenters. The van der Waals surface area contributed by atoms with E-state index in [4.69, 9.17) is 21.9 Å². The second-order valence-corrected chi connectivity index (χ2v) is 11.7. The molecule has 0 bridgehead atoms. The summed E-state index contributed by atoms with van der Waals surface area (Å²) in [5.41, 5.74) is 6.42. The Labute approximate surface area is 246 Å². The first-order valence-electron chi connectivity index (χ1n) is 13.6. The zero-order valence-corrected chi connectivity index (χ0v) is 25.1. The summed E-state index contributed by atoms with van der Waals surface area (Å²) >= 11 is 5.96. The first-order chi connectivity index (χ1) is 19.6.